The number of ether oxygens (including phenoxy) is 1. The predicted octanol–water partition coefficient (Wildman–Crippen LogP) is 4.06. The van der Waals surface area contributed by atoms with Crippen LogP contribution >= 0.6 is 15.9 Å². The number of rotatable bonds is 3. The highest BCUT2D eigenvalue weighted by Crippen LogP contribution is 2.36. The first-order valence-corrected chi connectivity index (χ1v) is 6.29. The lowest BCUT2D eigenvalue weighted by atomic mass is 10.2. The molecule has 0 spiro atoms. The Kier molecular flexibility index (Phi) is 3.87. The van der Waals surface area contributed by atoms with Gasteiger partial charge in [-0.25, -0.2) is 4.39 Å². The largest absolute Gasteiger partial charge is 0.486 e. The van der Waals surface area contributed by atoms with Gasteiger partial charge in [-0.15, -0.1) is 0 Å². The van der Waals surface area contributed by atoms with E-state index in [0.29, 0.717) is 28.1 Å². The first-order valence-electron chi connectivity index (χ1n) is 5.50. The van der Waals surface area contributed by atoms with E-state index in [2.05, 4.69) is 15.9 Å². The summed E-state index contributed by atoms with van der Waals surface area (Å²) in [5.74, 6) is 0.143. The van der Waals surface area contributed by atoms with Gasteiger partial charge in [0.25, 0.3) is 0 Å². The Morgan fingerprint density at radius 2 is 1.94 bits per heavy atom. The van der Waals surface area contributed by atoms with Crippen LogP contribution in [-0.4, -0.2) is 0 Å². The Hall–Kier alpha value is -1.55. The van der Waals surface area contributed by atoms with Gasteiger partial charge in [0, 0.05) is 11.6 Å². The lowest BCUT2D eigenvalue weighted by molar-refractivity contribution is 0.305. The number of nitrogen functional groups attached to an aromatic ring is 1. The molecule has 0 bridgehead atoms. The van der Waals surface area contributed by atoms with E-state index in [1.165, 1.54) is 6.07 Å². The lowest BCUT2D eigenvalue weighted by Gasteiger charge is -2.13. The second-order valence-electron chi connectivity index (χ2n) is 3.99. The van der Waals surface area contributed by atoms with Crippen LogP contribution in [0, 0.1) is 12.7 Å². The third-order valence-corrected chi connectivity index (χ3v) is 3.61. The molecule has 0 unspecified atom stereocenters. The van der Waals surface area contributed by atoms with Crippen molar-refractivity contribution in [3.8, 4) is 5.75 Å². The van der Waals surface area contributed by atoms with Gasteiger partial charge in [-0.1, -0.05) is 30.3 Å². The minimum Gasteiger partial charge on any atom is -0.486 e. The maximum absolute atomic E-state index is 13.4. The number of nitrogens with two attached hydrogens (primary N) is 1. The molecule has 18 heavy (non-hydrogen) atoms. The van der Waals surface area contributed by atoms with Gasteiger partial charge in [-0.2, -0.15) is 0 Å². The van der Waals surface area contributed by atoms with Crippen molar-refractivity contribution >= 4 is 21.6 Å². The fraction of sp³-hybridized carbons (Fsp3) is 0.143. The molecule has 0 saturated heterocycles. The zero-order valence-electron chi connectivity index (χ0n) is 9.91. The number of benzene rings is 2. The molecule has 2 rings (SSSR count). The Morgan fingerprint density at radius 1 is 1.28 bits per heavy atom. The van der Waals surface area contributed by atoms with E-state index in [-0.39, 0.29) is 5.82 Å². The molecule has 0 saturated carbocycles. The molecule has 94 valence electrons. The predicted molar refractivity (Wildman–Crippen MR) is 74.0 cm³/mol. The van der Waals surface area contributed by atoms with Gasteiger partial charge >= 0.3 is 0 Å². The molecule has 0 amide bonds. The second-order valence-corrected chi connectivity index (χ2v) is 4.78. The summed E-state index contributed by atoms with van der Waals surface area (Å²) in [6, 6.07) is 11.0. The Labute approximate surface area is 114 Å². The smallest absolute Gasteiger partial charge is 0.157 e. The summed E-state index contributed by atoms with van der Waals surface area (Å²) in [5.41, 5.74) is 7.58. The topological polar surface area (TPSA) is 35.2 Å². The average molecular weight is 310 g/mol. The van der Waals surface area contributed by atoms with Crippen molar-refractivity contribution in [2.45, 2.75) is 13.5 Å². The monoisotopic (exact) mass is 309 g/mol. The quantitative estimate of drug-likeness (QED) is 0.868. The number of hydrogen-bond donors (Lipinski definition) is 1. The minimum atomic E-state index is -0.341. The molecule has 4 heteroatoms. The third-order valence-electron chi connectivity index (χ3n) is 2.66. The van der Waals surface area contributed by atoms with Crippen molar-refractivity contribution in [3.63, 3.8) is 0 Å². The molecular formula is C14H13BrFNO. The summed E-state index contributed by atoms with van der Waals surface area (Å²) in [5, 5.41) is 0. The normalized spacial score (nSPS) is 10.4. The molecule has 2 nitrogen and oxygen atoms in total. The summed E-state index contributed by atoms with van der Waals surface area (Å²) in [7, 11) is 0. The van der Waals surface area contributed by atoms with Gasteiger partial charge < -0.3 is 10.5 Å². The zero-order valence-corrected chi connectivity index (χ0v) is 11.5. The van der Waals surface area contributed by atoms with Crippen LogP contribution in [0.3, 0.4) is 0 Å². The standard InChI is InChI=1S/C14H13BrFNO/c1-9-11(16)7-12(17)14(13(9)15)18-8-10-5-3-2-4-6-10/h2-7H,8,17H2,1H3. The zero-order chi connectivity index (χ0) is 13.1. The molecule has 2 aromatic carbocycles. The number of anilines is 1. The van der Waals surface area contributed by atoms with Crippen molar-refractivity contribution in [2.75, 3.05) is 5.73 Å². The van der Waals surface area contributed by atoms with Crippen molar-refractivity contribution in [1.82, 2.24) is 0 Å². The van der Waals surface area contributed by atoms with E-state index < -0.39 is 0 Å². The van der Waals surface area contributed by atoms with Gasteiger partial charge in [0.05, 0.1) is 10.2 Å². The molecule has 2 aromatic rings. The first kappa shape index (κ1) is 12.9. The van der Waals surface area contributed by atoms with Crippen LogP contribution in [0.25, 0.3) is 0 Å². The summed E-state index contributed by atoms with van der Waals surface area (Å²) in [6.45, 7) is 2.07. The van der Waals surface area contributed by atoms with E-state index in [1.54, 1.807) is 6.92 Å². The first-order chi connectivity index (χ1) is 8.59. The molecule has 0 radical (unpaired) electrons. The van der Waals surface area contributed by atoms with Crippen LogP contribution in [0.5, 0.6) is 5.75 Å². The van der Waals surface area contributed by atoms with Crippen molar-refractivity contribution in [2.24, 2.45) is 0 Å². The Morgan fingerprint density at radius 3 is 2.61 bits per heavy atom. The molecule has 2 N–H and O–H groups in total. The van der Waals surface area contributed by atoms with Crippen molar-refractivity contribution in [1.29, 1.82) is 0 Å². The van der Waals surface area contributed by atoms with E-state index in [0.717, 1.165) is 5.56 Å². The highest BCUT2D eigenvalue weighted by Gasteiger charge is 2.13. The maximum Gasteiger partial charge on any atom is 0.157 e. The lowest BCUT2D eigenvalue weighted by Crippen LogP contribution is -2.01. The number of hydrogen-bond acceptors (Lipinski definition) is 2. The van der Waals surface area contributed by atoms with E-state index in [1.807, 2.05) is 30.3 Å². The van der Waals surface area contributed by atoms with E-state index >= 15 is 0 Å². The molecule has 0 aliphatic carbocycles. The van der Waals surface area contributed by atoms with Gasteiger partial charge in [0.15, 0.2) is 5.75 Å². The summed E-state index contributed by atoms with van der Waals surface area (Å²) >= 11 is 3.31. The van der Waals surface area contributed by atoms with Crippen LogP contribution in [-0.2, 0) is 6.61 Å². The van der Waals surface area contributed by atoms with Gasteiger partial charge in [-0.3, -0.25) is 0 Å². The van der Waals surface area contributed by atoms with Crippen LogP contribution in [0.4, 0.5) is 10.1 Å². The van der Waals surface area contributed by atoms with Gasteiger partial charge in [0.1, 0.15) is 12.4 Å². The highest BCUT2D eigenvalue weighted by atomic mass is 79.9. The molecule has 0 fully saturated rings. The number of halogens is 2. The molecule has 0 aliphatic rings. The van der Waals surface area contributed by atoms with Crippen LogP contribution in [0.2, 0.25) is 0 Å². The molecule has 0 aromatic heterocycles. The minimum absolute atomic E-state index is 0.293. The second kappa shape index (κ2) is 5.40. The summed E-state index contributed by atoms with van der Waals surface area (Å²) in [4.78, 5) is 0. The highest BCUT2D eigenvalue weighted by molar-refractivity contribution is 9.10. The van der Waals surface area contributed by atoms with Crippen molar-refractivity contribution < 1.29 is 9.13 Å². The molecule has 0 atom stereocenters. The fourth-order valence-corrected chi connectivity index (χ4v) is 2.12. The van der Waals surface area contributed by atoms with Crippen LogP contribution in [0.15, 0.2) is 40.9 Å². The fourth-order valence-electron chi connectivity index (χ4n) is 1.59. The summed E-state index contributed by atoms with van der Waals surface area (Å²) in [6.07, 6.45) is 0. The van der Waals surface area contributed by atoms with Crippen LogP contribution in [0.1, 0.15) is 11.1 Å². The third kappa shape index (κ3) is 2.64. The van der Waals surface area contributed by atoms with Gasteiger partial charge in [0.2, 0.25) is 0 Å². The SMILES string of the molecule is Cc1c(F)cc(N)c(OCc2ccccc2)c1Br. The van der Waals surface area contributed by atoms with E-state index in [4.69, 9.17) is 10.5 Å². The molecule has 0 aliphatic heterocycles. The van der Waals surface area contributed by atoms with Crippen LogP contribution < -0.4 is 10.5 Å². The molecular weight excluding hydrogens is 297 g/mol. The maximum atomic E-state index is 13.4. The van der Waals surface area contributed by atoms with E-state index in [9.17, 15) is 4.39 Å². The Balaban J connectivity index is 2.22. The van der Waals surface area contributed by atoms with Crippen molar-refractivity contribution in [3.05, 3.63) is 57.8 Å². The van der Waals surface area contributed by atoms with Gasteiger partial charge in [-0.05, 0) is 28.4 Å². The summed E-state index contributed by atoms with van der Waals surface area (Å²) < 4.78 is 19.6. The molecule has 0 heterocycles. The Bertz CT molecular complexity index is 557. The average Bonchev–Trinajstić information content (AvgIpc) is 2.37.